The maximum Gasteiger partial charge on any atom is 0.251 e. The molecule has 0 bridgehead atoms. The van der Waals surface area contributed by atoms with Gasteiger partial charge in [-0.15, -0.1) is 0 Å². The lowest BCUT2D eigenvalue weighted by Gasteiger charge is -2.35. The second-order valence-electron chi connectivity index (χ2n) is 3.64. The molecule has 4 nitrogen and oxygen atoms in total. The van der Waals surface area contributed by atoms with Gasteiger partial charge in [0, 0.05) is 25.4 Å². The third-order valence-electron chi connectivity index (χ3n) is 2.39. The summed E-state index contributed by atoms with van der Waals surface area (Å²) in [5.41, 5.74) is 1.38. The van der Waals surface area contributed by atoms with Gasteiger partial charge in [-0.05, 0) is 6.92 Å². The monoisotopic (exact) mass is 203 g/mol. The Morgan fingerprint density at radius 3 is 2.71 bits per heavy atom. The summed E-state index contributed by atoms with van der Waals surface area (Å²) < 4.78 is 29.4. The highest BCUT2D eigenvalue weighted by atomic mass is 19.3. The summed E-state index contributed by atoms with van der Waals surface area (Å²) in [6, 6.07) is -0.110. The number of aromatic nitrogens is 2. The van der Waals surface area contributed by atoms with Crippen LogP contribution in [0.3, 0.4) is 0 Å². The van der Waals surface area contributed by atoms with Crippen LogP contribution in [-0.2, 0) is 6.54 Å². The van der Waals surface area contributed by atoms with Gasteiger partial charge < -0.3 is 5.32 Å². The number of rotatable bonds is 3. The predicted molar refractivity (Wildman–Crippen MR) is 43.8 cm³/mol. The molecule has 0 atom stereocenters. The van der Waals surface area contributed by atoms with Crippen molar-refractivity contribution in [1.29, 1.82) is 0 Å². The summed E-state index contributed by atoms with van der Waals surface area (Å²) in [5, 5.41) is 10.2. The summed E-state index contributed by atoms with van der Waals surface area (Å²) in [4.78, 5) is 0. The lowest BCUT2D eigenvalue weighted by atomic mass is 9.88. The van der Waals surface area contributed by atoms with E-state index >= 15 is 0 Å². The average molecular weight is 203 g/mol. The Hall–Kier alpha value is -1.04. The van der Waals surface area contributed by atoms with Crippen molar-refractivity contribution in [2.75, 3.05) is 0 Å². The largest absolute Gasteiger partial charge is 0.308 e. The molecule has 1 aliphatic rings. The molecule has 0 radical (unpaired) electrons. The van der Waals surface area contributed by atoms with E-state index in [4.69, 9.17) is 0 Å². The summed E-state index contributed by atoms with van der Waals surface area (Å²) in [6.45, 7) is 2.21. The van der Waals surface area contributed by atoms with Crippen LogP contribution in [0.1, 0.15) is 24.2 Å². The van der Waals surface area contributed by atoms with Crippen LogP contribution >= 0.6 is 0 Å². The molecule has 6 heteroatoms. The van der Waals surface area contributed by atoms with E-state index in [9.17, 15) is 8.78 Å². The van der Waals surface area contributed by atoms with Crippen LogP contribution in [0.4, 0.5) is 8.78 Å². The number of halogens is 2. The molecule has 1 N–H and O–H groups in total. The first kappa shape index (κ1) is 9.51. The normalized spacial score (nSPS) is 20.8. The highest BCUT2D eigenvalue weighted by Crippen LogP contribution is 2.37. The zero-order valence-electron chi connectivity index (χ0n) is 7.76. The van der Waals surface area contributed by atoms with E-state index < -0.39 is 5.92 Å². The van der Waals surface area contributed by atoms with Crippen molar-refractivity contribution in [3.8, 4) is 0 Å². The van der Waals surface area contributed by atoms with Crippen LogP contribution < -0.4 is 5.32 Å². The molecule has 1 aliphatic carbocycles. The number of alkyl halides is 2. The highest BCUT2D eigenvalue weighted by molar-refractivity contribution is 5.05. The summed E-state index contributed by atoms with van der Waals surface area (Å²) in [5.74, 6) is -2.48. The maximum absolute atomic E-state index is 12.4. The SMILES string of the molecule is Cc1nonc1CNC1CC(F)(F)C1. The molecule has 14 heavy (non-hydrogen) atoms. The molecule has 0 spiro atoms. The number of hydrogen-bond donors (Lipinski definition) is 1. The van der Waals surface area contributed by atoms with Crippen molar-refractivity contribution in [3.63, 3.8) is 0 Å². The van der Waals surface area contributed by atoms with Crippen LogP contribution in [0.25, 0.3) is 0 Å². The summed E-state index contributed by atoms with van der Waals surface area (Å²) >= 11 is 0. The third kappa shape index (κ3) is 1.89. The molecule has 78 valence electrons. The minimum Gasteiger partial charge on any atom is -0.308 e. The number of nitrogens with one attached hydrogen (secondary N) is 1. The van der Waals surface area contributed by atoms with Gasteiger partial charge in [-0.3, -0.25) is 0 Å². The van der Waals surface area contributed by atoms with Gasteiger partial charge in [0.25, 0.3) is 5.92 Å². The molecule has 1 aromatic rings. The number of nitrogens with zero attached hydrogens (tertiary/aromatic N) is 2. The molecular weight excluding hydrogens is 192 g/mol. The van der Waals surface area contributed by atoms with E-state index in [1.807, 2.05) is 0 Å². The van der Waals surface area contributed by atoms with Crippen molar-refractivity contribution < 1.29 is 13.4 Å². The van der Waals surface area contributed by atoms with Gasteiger partial charge in [0.05, 0.1) is 0 Å². The Balaban J connectivity index is 1.77. The average Bonchev–Trinajstić information content (AvgIpc) is 2.44. The Kier molecular flexibility index (Phi) is 2.22. The summed E-state index contributed by atoms with van der Waals surface area (Å²) in [6.07, 6.45) is -0.172. The van der Waals surface area contributed by atoms with E-state index in [1.54, 1.807) is 6.92 Å². The molecule has 0 saturated heterocycles. The van der Waals surface area contributed by atoms with E-state index in [0.29, 0.717) is 17.9 Å². The van der Waals surface area contributed by atoms with Crippen LogP contribution in [0, 0.1) is 6.92 Å². The minimum absolute atomic E-state index is 0.0860. The van der Waals surface area contributed by atoms with E-state index in [-0.39, 0.29) is 18.9 Å². The van der Waals surface area contributed by atoms with Crippen LogP contribution in [0.5, 0.6) is 0 Å². The van der Waals surface area contributed by atoms with Gasteiger partial charge in [-0.2, -0.15) is 0 Å². The van der Waals surface area contributed by atoms with Crippen molar-refractivity contribution in [3.05, 3.63) is 11.4 Å². The van der Waals surface area contributed by atoms with Gasteiger partial charge in [0.2, 0.25) is 0 Å². The third-order valence-corrected chi connectivity index (χ3v) is 2.39. The molecule has 0 aliphatic heterocycles. The molecular formula is C8H11F2N3O. The molecule has 0 aromatic carbocycles. The predicted octanol–water partition coefficient (Wildman–Crippen LogP) is 1.27. The Morgan fingerprint density at radius 2 is 2.21 bits per heavy atom. The Labute approximate surface area is 79.6 Å². The van der Waals surface area contributed by atoms with Crippen molar-refractivity contribution >= 4 is 0 Å². The first-order valence-corrected chi connectivity index (χ1v) is 4.46. The molecule has 1 aromatic heterocycles. The summed E-state index contributed by atoms with van der Waals surface area (Å²) in [7, 11) is 0. The van der Waals surface area contributed by atoms with Crippen molar-refractivity contribution in [2.24, 2.45) is 0 Å². The van der Waals surface area contributed by atoms with Crippen LogP contribution in [-0.4, -0.2) is 22.3 Å². The molecule has 1 saturated carbocycles. The smallest absolute Gasteiger partial charge is 0.251 e. The van der Waals surface area contributed by atoms with E-state index in [2.05, 4.69) is 20.3 Å². The number of aryl methyl sites for hydroxylation is 1. The maximum atomic E-state index is 12.4. The lowest BCUT2D eigenvalue weighted by Crippen LogP contribution is -2.48. The van der Waals surface area contributed by atoms with Gasteiger partial charge >= 0.3 is 0 Å². The van der Waals surface area contributed by atoms with Gasteiger partial charge in [0.1, 0.15) is 11.4 Å². The van der Waals surface area contributed by atoms with Gasteiger partial charge in [-0.1, -0.05) is 10.3 Å². The topological polar surface area (TPSA) is 51.0 Å². The Bertz CT molecular complexity index is 318. The fourth-order valence-corrected chi connectivity index (χ4v) is 1.46. The zero-order valence-corrected chi connectivity index (χ0v) is 7.76. The fraction of sp³-hybridized carbons (Fsp3) is 0.750. The second kappa shape index (κ2) is 3.27. The molecule has 1 fully saturated rings. The first-order chi connectivity index (χ1) is 6.57. The quantitative estimate of drug-likeness (QED) is 0.803. The fourth-order valence-electron chi connectivity index (χ4n) is 1.46. The highest BCUT2D eigenvalue weighted by Gasteiger charge is 2.44. The van der Waals surface area contributed by atoms with Crippen LogP contribution in [0.2, 0.25) is 0 Å². The lowest BCUT2D eigenvalue weighted by molar-refractivity contribution is -0.0930. The molecule has 2 rings (SSSR count). The zero-order chi connectivity index (χ0) is 10.2. The van der Waals surface area contributed by atoms with Gasteiger partial charge in [0.15, 0.2) is 0 Å². The standard InChI is InChI=1S/C8H11F2N3O/c1-5-7(13-14-12-5)4-11-6-2-8(9,10)3-6/h6,11H,2-4H2,1H3. The first-order valence-electron chi connectivity index (χ1n) is 4.46. The molecule has 0 unspecified atom stereocenters. The van der Waals surface area contributed by atoms with Crippen molar-refractivity contribution in [1.82, 2.24) is 15.6 Å². The second-order valence-corrected chi connectivity index (χ2v) is 3.64. The van der Waals surface area contributed by atoms with Crippen molar-refractivity contribution in [2.45, 2.75) is 38.3 Å². The number of hydrogen-bond acceptors (Lipinski definition) is 4. The van der Waals surface area contributed by atoms with Crippen LogP contribution in [0.15, 0.2) is 4.63 Å². The Morgan fingerprint density at radius 1 is 1.50 bits per heavy atom. The van der Waals surface area contributed by atoms with E-state index in [0.717, 1.165) is 0 Å². The van der Waals surface area contributed by atoms with E-state index in [1.165, 1.54) is 0 Å². The minimum atomic E-state index is -2.48. The van der Waals surface area contributed by atoms with Gasteiger partial charge in [-0.25, -0.2) is 13.4 Å². The molecule has 0 amide bonds. The molecule has 1 heterocycles.